The third-order valence-corrected chi connectivity index (χ3v) is 2.11. The molecular formula is C9H11N3O3. The van der Waals surface area contributed by atoms with Crippen molar-refractivity contribution in [3.63, 3.8) is 0 Å². The Morgan fingerprint density at radius 2 is 2.40 bits per heavy atom. The van der Waals surface area contributed by atoms with Crippen molar-refractivity contribution >= 4 is 5.82 Å². The molecule has 0 bridgehead atoms. The molecule has 0 radical (unpaired) electrons. The van der Waals surface area contributed by atoms with Crippen LogP contribution in [-0.2, 0) is 4.74 Å². The number of aliphatic hydroxyl groups is 1. The minimum absolute atomic E-state index is 0.107. The van der Waals surface area contributed by atoms with Crippen LogP contribution in [0.2, 0.25) is 0 Å². The first-order valence-corrected chi connectivity index (χ1v) is 4.50. The van der Waals surface area contributed by atoms with E-state index in [2.05, 4.69) is 4.98 Å². The summed E-state index contributed by atoms with van der Waals surface area (Å²) < 4.78 is 6.65. The monoisotopic (exact) mass is 209 g/mol. The van der Waals surface area contributed by atoms with Crippen LogP contribution in [0.1, 0.15) is 6.23 Å². The van der Waals surface area contributed by atoms with E-state index < -0.39 is 11.9 Å². The van der Waals surface area contributed by atoms with Gasteiger partial charge in [-0.05, 0) is 12.1 Å². The number of hydrogen-bond donors (Lipinski definition) is 2. The van der Waals surface area contributed by atoms with Gasteiger partial charge >= 0.3 is 5.69 Å². The summed E-state index contributed by atoms with van der Waals surface area (Å²) in [6, 6.07) is 1.52. The number of nitrogens with two attached hydrogens (primary N) is 1. The molecule has 0 aromatic carbocycles. The van der Waals surface area contributed by atoms with Gasteiger partial charge in [-0.3, -0.25) is 4.57 Å². The van der Waals surface area contributed by atoms with Gasteiger partial charge in [0.05, 0.1) is 6.61 Å². The third-order valence-electron chi connectivity index (χ3n) is 2.11. The van der Waals surface area contributed by atoms with Crippen LogP contribution in [0.25, 0.3) is 0 Å². The number of aliphatic hydroxyl groups excluding tert-OH is 1. The highest BCUT2D eigenvalue weighted by atomic mass is 16.5. The molecule has 2 heterocycles. The molecule has 6 nitrogen and oxygen atoms in total. The van der Waals surface area contributed by atoms with Crippen LogP contribution in [0, 0.1) is 0 Å². The van der Waals surface area contributed by atoms with Gasteiger partial charge in [-0.15, -0.1) is 0 Å². The predicted octanol–water partition coefficient (Wildman–Crippen LogP) is -0.729. The Morgan fingerprint density at radius 3 is 3.00 bits per heavy atom. The van der Waals surface area contributed by atoms with E-state index in [1.807, 2.05) is 0 Å². The molecular weight excluding hydrogens is 198 g/mol. The van der Waals surface area contributed by atoms with Crippen LogP contribution in [0.3, 0.4) is 0 Å². The minimum atomic E-state index is -0.511. The Labute approximate surface area is 85.6 Å². The molecule has 1 aliphatic rings. The second-order valence-corrected chi connectivity index (χ2v) is 3.17. The topological polar surface area (TPSA) is 90.4 Å². The highest BCUT2D eigenvalue weighted by Crippen LogP contribution is 2.18. The van der Waals surface area contributed by atoms with E-state index in [-0.39, 0.29) is 18.5 Å². The lowest BCUT2D eigenvalue weighted by Crippen LogP contribution is -2.28. The highest BCUT2D eigenvalue weighted by molar-refractivity contribution is 5.23. The Kier molecular flexibility index (Phi) is 2.53. The second kappa shape index (κ2) is 3.84. The van der Waals surface area contributed by atoms with Gasteiger partial charge in [0, 0.05) is 6.20 Å². The molecule has 0 saturated heterocycles. The molecule has 1 aliphatic heterocycles. The fourth-order valence-electron chi connectivity index (χ4n) is 1.37. The lowest BCUT2D eigenvalue weighted by atomic mass is 10.4. The van der Waals surface area contributed by atoms with E-state index in [1.54, 1.807) is 12.2 Å². The van der Waals surface area contributed by atoms with Crippen molar-refractivity contribution < 1.29 is 9.84 Å². The molecule has 2 rings (SSSR count). The van der Waals surface area contributed by atoms with Gasteiger partial charge in [-0.1, -0.05) is 6.08 Å². The van der Waals surface area contributed by atoms with E-state index in [0.29, 0.717) is 0 Å². The average Bonchev–Trinajstić information content (AvgIpc) is 2.66. The van der Waals surface area contributed by atoms with Crippen LogP contribution in [0.4, 0.5) is 5.82 Å². The van der Waals surface area contributed by atoms with Crippen molar-refractivity contribution in [1.29, 1.82) is 0 Å². The van der Waals surface area contributed by atoms with Gasteiger partial charge in [-0.25, -0.2) is 4.79 Å². The van der Waals surface area contributed by atoms with Crippen molar-refractivity contribution in [3.8, 4) is 0 Å². The second-order valence-electron chi connectivity index (χ2n) is 3.17. The summed E-state index contributed by atoms with van der Waals surface area (Å²) in [6.07, 6.45) is 4.04. The Hall–Kier alpha value is -1.66. The Balaban J connectivity index is 2.25. The molecule has 1 unspecified atom stereocenters. The first-order chi connectivity index (χ1) is 7.20. The summed E-state index contributed by atoms with van der Waals surface area (Å²) in [5.41, 5.74) is 4.89. The maximum atomic E-state index is 11.4. The fourth-order valence-corrected chi connectivity index (χ4v) is 1.37. The number of aromatic nitrogens is 2. The van der Waals surface area contributed by atoms with Crippen LogP contribution < -0.4 is 11.4 Å². The lowest BCUT2D eigenvalue weighted by Gasteiger charge is -2.14. The molecule has 0 aliphatic carbocycles. The van der Waals surface area contributed by atoms with Crippen molar-refractivity contribution in [2.45, 2.75) is 12.3 Å². The third kappa shape index (κ3) is 1.90. The van der Waals surface area contributed by atoms with Crippen molar-refractivity contribution in [2.75, 3.05) is 12.3 Å². The minimum Gasteiger partial charge on any atom is -0.393 e. The Morgan fingerprint density at radius 1 is 1.60 bits per heavy atom. The smallest absolute Gasteiger partial charge is 0.351 e. The van der Waals surface area contributed by atoms with Crippen molar-refractivity contribution in [3.05, 3.63) is 34.9 Å². The molecule has 2 atom stereocenters. The maximum absolute atomic E-state index is 11.4. The van der Waals surface area contributed by atoms with Crippen LogP contribution in [0.15, 0.2) is 29.2 Å². The molecule has 80 valence electrons. The van der Waals surface area contributed by atoms with Crippen LogP contribution in [-0.4, -0.2) is 27.4 Å². The van der Waals surface area contributed by atoms with Gasteiger partial charge in [0.1, 0.15) is 11.9 Å². The normalized spacial score (nSPS) is 24.6. The largest absolute Gasteiger partial charge is 0.393 e. The van der Waals surface area contributed by atoms with Crippen molar-refractivity contribution in [1.82, 2.24) is 9.55 Å². The van der Waals surface area contributed by atoms with Crippen LogP contribution in [0.5, 0.6) is 0 Å². The lowest BCUT2D eigenvalue weighted by molar-refractivity contribution is -0.0102. The Bertz CT molecular complexity index is 440. The summed E-state index contributed by atoms with van der Waals surface area (Å²) in [4.78, 5) is 15.0. The van der Waals surface area contributed by atoms with Crippen molar-refractivity contribution in [2.24, 2.45) is 0 Å². The highest BCUT2D eigenvalue weighted by Gasteiger charge is 2.20. The van der Waals surface area contributed by atoms with Gasteiger partial charge in [-0.2, -0.15) is 4.98 Å². The van der Waals surface area contributed by atoms with Crippen LogP contribution >= 0.6 is 0 Å². The molecule has 0 amide bonds. The number of rotatable bonds is 2. The van der Waals surface area contributed by atoms with E-state index in [9.17, 15) is 4.79 Å². The summed E-state index contributed by atoms with van der Waals surface area (Å²) >= 11 is 0. The zero-order chi connectivity index (χ0) is 10.8. The SMILES string of the molecule is Nc1ccn(C2C=C[C@@H](CO)O2)c(=O)n1. The first kappa shape index (κ1) is 9.88. The quantitative estimate of drug-likeness (QED) is 0.627. The number of anilines is 1. The van der Waals surface area contributed by atoms with E-state index in [1.165, 1.54) is 16.8 Å². The average molecular weight is 209 g/mol. The molecule has 0 spiro atoms. The van der Waals surface area contributed by atoms with Gasteiger partial charge < -0.3 is 15.6 Å². The molecule has 3 N–H and O–H groups in total. The summed E-state index contributed by atoms with van der Waals surface area (Å²) in [5.74, 6) is 0.178. The van der Waals surface area contributed by atoms with E-state index >= 15 is 0 Å². The molecule has 15 heavy (non-hydrogen) atoms. The summed E-state index contributed by atoms with van der Waals surface area (Å²) in [5, 5.41) is 8.84. The van der Waals surface area contributed by atoms with Gasteiger partial charge in [0.15, 0.2) is 6.23 Å². The maximum Gasteiger partial charge on any atom is 0.351 e. The first-order valence-electron chi connectivity index (χ1n) is 4.50. The molecule has 0 fully saturated rings. The fraction of sp³-hybridized carbons (Fsp3) is 0.333. The van der Waals surface area contributed by atoms with Gasteiger partial charge in [0.25, 0.3) is 0 Å². The van der Waals surface area contributed by atoms with Gasteiger partial charge in [0.2, 0.25) is 0 Å². The zero-order valence-corrected chi connectivity index (χ0v) is 7.91. The number of nitrogens with zero attached hydrogens (tertiary/aromatic N) is 2. The number of nitrogen functional groups attached to an aromatic ring is 1. The van der Waals surface area contributed by atoms with E-state index in [0.717, 1.165) is 0 Å². The molecule has 6 heteroatoms. The van der Waals surface area contributed by atoms with E-state index in [4.69, 9.17) is 15.6 Å². The molecule has 1 aromatic rings. The number of ether oxygens (including phenoxy) is 1. The predicted molar refractivity (Wildman–Crippen MR) is 53.0 cm³/mol. The zero-order valence-electron chi connectivity index (χ0n) is 7.91. The molecule has 1 aromatic heterocycles. The number of hydrogen-bond acceptors (Lipinski definition) is 5. The summed E-state index contributed by atoms with van der Waals surface area (Å²) in [7, 11) is 0. The standard InChI is InChI=1S/C9H11N3O3/c10-7-3-4-12(9(14)11-7)8-2-1-6(5-13)15-8/h1-4,6,8,13H,5H2,(H2,10,11,14)/t6-,8?/m0/s1. The molecule has 0 saturated carbocycles. The summed E-state index contributed by atoms with van der Waals surface area (Å²) in [6.45, 7) is -0.107.